The number of halogens is 2. The summed E-state index contributed by atoms with van der Waals surface area (Å²) in [4.78, 5) is 0. The van der Waals surface area contributed by atoms with Crippen molar-refractivity contribution >= 4 is 29.7 Å². The molecule has 0 fully saturated rings. The van der Waals surface area contributed by atoms with E-state index in [0.29, 0.717) is 6.54 Å². The minimum absolute atomic E-state index is 0. The van der Waals surface area contributed by atoms with E-state index in [1.807, 2.05) is 36.4 Å². The smallest absolute Gasteiger partial charge is 0.0592 e. The first-order valence-electron chi connectivity index (χ1n) is 5.48. The van der Waals surface area contributed by atoms with Crippen molar-refractivity contribution in [1.82, 2.24) is 0 Å². The maximum atomic E-state index is 6.03. The summed E-state index contributed by atoms with van der Waals surface area (Å²) in [6.07, 6.45) is 0. The number of nitrogens with zero attached hydrogens (tertiary/aromatic N) is 1. The molecule has 0 atom stereocenters. The quantitative estimate of drug-likeness (QED) is 0.682. The number of hydrazine groups is 1. The minimum Gasteiger partial charge on any atom is -0.307 e. The highest BCUT2D eigenvalue weighted by Gasteiger charge is 2.02. The van der Waals surface area contributed by atoms with Crippen LogP contribution in [0, 0.1) is 6.92 Å². The lowest BCUT2D eigenvalue weighted by atomic mass is 10.2. The van der Waals surface area contributed by atoms with Gasteiger partial charge in [-0.05, 0) is 42.3 Å². The third-order valence-corrected chi connectivity index (χ3v) is 2.85. The standard InChI is InChI=1S/C14H15ClN2.ClH/c1-11-3-2-4-14(9-11)17(16)10-12-5-7-13(15)8-6-12;/h2-9H,10,16H2,1H3;1H. The van der Waals surface area contributed by atoms with Gasteiger partial charge in [-0.1, -0.05) is 35.9 Å². The van der Waals surface area contributed by atoms with Crippen molar-refractivity contribution in [2.24, 2.45) is 5.84 Å². The van der Waals surface area contributed by atoms with Gasteiger partial charge in [0.25, 0.3) is 0 Å². The maximum absolute atomic E-state index is 6.03. The van der Waals surface area contributed by atoms with Crippen molar-refractivity contribution < 1.29 is 0 Å². The lowest BCUT2D eigenvalue weighted by Gasteiger charge is -2.19. The van der Waals surface area contributed by atoms with Crippen LogP contribution in [0.4, 0.5) is 5.69 Å². The molecule has 2 aromatic rings. The molecular weight excluding hydrogens is 267 g/mol. The van der Waals surface area contributed by atoms with Gasteiger partial charge < -0.3 is 5.01 Å². The molecule has 0 amide bonds. The van der Waals surface area contributed by atoms with Crippen molar-refractivity contribution in [3.63, 3.8) is 0 Å². The molecule has 2 N–H and O–H groups in total. The summed E-state index contributed by atoms with van der Waals surface area (Å²) < 4.78 is 0. The minimum atomic E-state index is 0. The van der Waals surface area contributed by atoms with E-state index in [2.05, 4.69) is 19.1 Å². The zero-order chi connectivity index (χ0) is 12.3. The van der Waals surface area contributed by atoms with Crippen LogP contribution in [0.15, 0.2) is 48.5 Å². The van der Waals surface area contributed by atoms with Crippen molar-refractivity contribution in [1.29, 1.82) is 0 Å². The Morgan fingerprint density at radius 3 is 2.39 bits per heavy atom. The molecule has 0 unspecified atom stereocenters. The summed E-state index contributed by atoms with van der Waals surface area (Å²) >= 11 is 5.84. The van der Waals surface area contributed by atoms with E-state index in [-0.39, 0.29) is 12.4 Å². The first-order chi connectivity index (χ1) is 8.15. The van der Waals surface area contributed by atoms with Crippen LogP contribution in [0.2, 0.25) is 5.02 Å². The number of hydrogen-bond acceptors (Lipinski definition) is 2. The van der Waals surface area contributed by atoms with Crippen molar-refractivity contribution in [3.8, 4) is 0 Å². The molecular formula is C14H16Cl2N2. The van der Waals surface area contributed by atoms with Gasteiger partial charge in [-0.2, -0.15) is 0 Å². The van der Waals surface area contributed by atoms with Crippen LogP contribution in [-0.4, -0.2) is 0 Å². The fourth-order valence-corrected chi connectivity index (χ4v) is 1.81. The van der Waals surface area contributed by atoms with E-state index >= 15 is 0 Å². The zero-order valence-corrected chi connectivity index (χ0v) is 11.7. The Kier molecular flexibility index (Phi) is 5.48. The van der Waals surface area contributed by atoms with Crippen LogP contribution in [0.1, 0.15) is 11.1 Å². The number of aryl methyl sites for hydroxylation is 1. The Labute approximate surface area is 119 Å². The molecule has 0 saturated heterocycles. The molecule has 2 rings (SSSR count). The number of benzene rings is 2. The molecule has 96 valence electrons. The fourth-order valence-electron chi connectivity index (χ4n) is 1.68. The summed E-state index contributed by atoms with van der Waals surface area (Å²) in [5.41, 5.74) is 3.35. The van der Waals surface area contributed by atoms with Crippen LogP contribution in [-0.2, 0) is 6.54 Å². The predicted octanol–water partition coefficient (Wildman–Crippen LogP) is 3.95. The van der Waals surface area contributed by atoms with Crippen molar-refractivity contribution in [2.75, 3.05) is 5.01 Å². The normalized spacial score (nSPS) is 9.72. The Morgan fingerprint density at radius 2 is 1.78 bits per heavy atom. The Hall–Kier alpha value is -1.22. The highest BCUT2D eigenvalue weighted by Crippen LogP contribution is 2.16. The van der Waals surface area contributed by atoms with E-state index in [4.69, 9.17) is 17.4 Å². The molecule has 0 bridgehead atoms. The van der Waals surface area contributed by atoms with Crippen LogP contribution in [0.3, 0.4) is 0 Å². The lowest BCUT2D eigenvalue weighted by molar-refractivity contribution is 0.852. The van der Waals surface area contributed by atoms with Gasteiger partial charge in [0.1, 0.15) is 0 Å². The van der Waals surface area contributed by atoms with Crippen LogP contribution < -0.4 is 10.9 Å². The number of nitrogens with two attached hydrogens (primary N) is 1. The second-order valence-corrected chi connectivity index (χ2v) is 4.53. The van der Waals surface area contributed by atoms with Crippen LogP contribution in [0.25, 0.3) is 0 Å². The van der Waals surface area contributed by atoms with E-state index in [9.17, 15) is 0 Å². The monoisotopic (exact) mass is 282 g/mol. The molecule has 2 aromatic carbocycles. The molecule has 0 aliphatic rings. The average molecular weight is 283 g/mol. The van der Waals surface area contributed by atoms with Gasteiger partial charge in [0, 0.05) is 5.02 Å². The molecule has 0 radical (unpaired) electrons. The number of rotatable bonds is 3. The summed E-state index contributed by atoms with van der Waals surface area (Å²) in [6.45, 7) is 2.72. The van der Waals surface area contributed by atoms with Crippen molar-refractivity contribution in [3.05, 3.63) is 64.7 Å². The largest absolute Gasteiger partial charge is 0.307 e. The van der Waals surface area contributed by atoms with Gasteiger partial charge in [0.15, 0.2) is 0 Å². The van der Waals surface area contributed by atoms with E-state index in [1.165, 1.54) is 5.56 Å². The van der Waals surface area contributed by atoms with Gasteiger partial charge in [0.2, 0.25) is 0 Å². The van der Waals surface area contributed by atoms with Gasteiger partial charge in [0.05, 0.1) is 12.2 Å². The van der Waals surface area contributed by atoms with E-state index in [1.54, 1.807) is 5.01 Å². The SMILES string of the molecule is Cc1cccc(N(N)Cc2ccc(Cl)cc2)c1.Cl. The molecule has 0 aliphatic carbocycles. The molecule has 0 spiro atoms. The second-order valence-electron chi connectivity index (χ2n) is 4.09. The third-order valence-electron chi connectivity index (χ3n) is 2.60. The number of hydrogen-bond donors (Lipinski definition) is 1. The second kappa shape index (κ2) is 6.64. The first-order valence-corrected chi connectivity index (χ1v) is 5.86. The molecule has 4 heteroatoms. The third kappa shape index (κ3) is 3.91. The Morgan fingerprint density at radius 1 is 1.11 bits per heavy atom. The van der Waals surface area contributed by atoms with E-state index in [0.717, 1.165) is 16.3 Å². The average Bonchev–Trinajstić information content (AvgIpc) is 2.32. The van der Waals surface area contributed by atoms with E-state index < -0.39 is 0 Å². The highest BCUT2D eigenvalue weighted by molar-refractivity contribution is 6.30. The summed E-state index contributed by atoms with van der Waals surface area (Å²) in [7, 11) is 0. The molecule has 0 saturated carbocycles. The Bertz CT molecular complexity index is 497. The molecule has 18 heavy (non-hydrogen) atoms. The number of anilines is 1. The lowest BCUT2D eigenvalue weighted by Crippen LogP contribution is -2.29. The van der Waals surface area contributed by atoms with Crippen molar-refractivity contribution in [2.45, 2.75) is 13.5 Å². The van der Waals surface area contributed by atoms with Gasteiger partial charge in [-0.25, -0.2) is 5.84 Å². The molecule has 0 aromatic heterocycles. The van der Waals surface area contributed by atoms with Gasteiger partial charge in [-0.3, -0.25) is 0 Å². The van der Waals surface area contributed by atoms with Crippen LogP contribution in [0.5, 0.6) is 0 Å². The predicted molar refractivity (Wildman–Crippen MR) is 80.2 cm³/mol. The topological polar surface area (TPSA) is 29.3 Å². The summed E-state index contributed by atoms with van der Waals surface area (Å²) in [5.74, 6) is 6.03. The molecule has 0 aliphatic heterocycles. The maximum Gasteiger partial charge on any atom is 0.0592 e. The summed E-state index contributed by atoms with van der Waals surface area (Å²) in [6, 6.07) is 15.8. The first kappa shape index (κ1) is 14.8. The highest BCUT2D eigenvalue weighted by atomic mass is 35.5. The zero-order valence-electron chi connectivity index (χ0n) is 10.1. The fraction of sp³-hybridized carbons (Fsp3) is 0.143. The Balaban J connectivity index is 0.00000162. The van der Waals surface area contributed by atoms with Gasteiger partial charge in [-0.15, -0.1) is 12.4 Å². The van der Waals surface area contributed by atoms with Gasteiger partial charge >= 0.3 is 0 Å². The summed E-state index contributed by atoms with van der Waals surface area (Å²) in [5, 5.41) is 2.48. The molecule has 0 heterocycles. The molecule has 2 nitrogen and oxygen atoms in total. The van der Waals surface area contributed by atoms with Crippen LogP contribution >= 0.6 is 24.0 Å².